The quantitative estimate of drug-likeness (QED) is 0.637. The van der Waals surface area contributed by atoms with E-state index in [-0.39, 0.29) is 0 Å². The number of nitrogens with two attached hydrogens (primary N) is 1. The molecule has 0 aromatic rings. The number of hydrogen-bond acceptors (Lipinski definition) is 2. The Morgan fingerprint density at radius 3 is 2.33 bits per heavy atom. The Kier molecular flexibility index (Phi) is 6.26. The zero-order chi connectivity index (χ0) is 11.1. The average molecular weight is 212 g/mol. The SMILES string of the molecule is CCCCC(CN)N(CCCC)C1CC1. The zero-order valence-corrected chi connectivity index (χ0v) is 10.5. The van der Waals surface area contributed by atoms with Gasteiger partial charge in [0.25, 0.3) is 0 Å². The van der Waals surface area contributed by atoms with Crippen LogP contribution in [-0.2, 0) is 0 Å². The monoisotopic (exact) mass is 212 g/mol. The molecule has 0 spiro atoms. The summed E-state index contributed by atoms with van der Waals surface area (Å²) in [4.78, 5) is 2.69. The maximum atomic E-state index is 5.91. The third kappa shape index (κ3) is 4.52. The average Bonchev–Trinajstić information content (AvgIpc) is 3.07. The summed E-state index contributed by atoms with van der Waals surface area (Å²) in [5.41, 5.74) is 5.91. The summed E-state index contributed by atoms with van der Waals surface area (Å²) in [7, 11) is 0. The second-order valence-corrected chi connectivity index (χ2v) is 4.85. The van der Waals surface area contributed by atoms with Gasteiger partial charge in [-0.25, -0.2) is 0 Å². The van der Waals surface area contributed by atoms with E-state index >= 15 is 0 Å². The van der Waals surface area contributed by atoms with Crippen LogP contribution in [0.3, 0.4) is 0 Å². The number of nitrogens with zero attached hydrogens (tertiary/aromatic N) is 1. The molecule has 2 nitrogen and oxygen atoms in total. The summed E-state index contributed by atoms with van der Waals surface area (Å²) >= 11 is 0. The van der Waals surface area contributed by atoms with Crippen LogP contribution in [0.2, 0.25) is 0 Å². The molecule has 90 valence electrons. The molecule has 1 fully saturated rings. The van der Waals surface area contributed by atoms with Gasteiger partial charge < -0.3 is 5.73 Å². The fourth-order valence-corrected chi connectivity index (χ4v) is 2.27. The van der Waals surface area contributed by atoms with Crippen molar-refractivity contribution in [2.45, 2.75) is 70.9 Å². The second kappa shape index (κ2) is 7.24. The molecule has 1 atom stereocenters. The van der Waals surface area contributed by atoms with Gasteiger partial charge in [-0.15, -0.1) is 0 Å². The van der Waals surface area contributed by atoms with Crippen molar-refractivity contribution < 1.29 is 0 Å². The highest BCUT2D eigenvalue weighted by molar-refractivity contribution is 4.89. The van der Waals surface area contributed by atoms with Crippen LogP contribution in [-0.4, -0.2) is 30.1 Å². The highest BCUT2D eigenvalue weighted by Gasteiger charge is 2.32. The van der Waals surface area contributed by atoms with Gasteiger partial charge in [-0.2, -0.15) is 0 Å². The molecule has 0 amide bonds. The molecule has 2 N–H and O–H groups in total. The lowest BCUT2D eigenvalue weighted by Gasteiger charge is -2.31. The van der Waals surface area contributed by atoms with E-state index in [4.69, 9.17) is 5.73 Å². The normalized spacial score (nSPS) is 18.4. The minimum Gasteiger partial charge on any atom is -0.329 e. The number of rotatable bonds is 9. The molecule has 1 unspecified atom stereocenters. The molecule has 0 saturated heterocycles. The van der Waals surface area contributed by atoms with E-state index in [2.05, 4.69) is 18.7 Å². The van der Waals surface area contributed by atoms with Crippen LogP contribution in [0.25, 0.3) is 0 Å². The molecule has 1 saturated carbocycles. The van der Waals surface area contributed by atoms with Gasteiger partial charge in [-0.1, -0.05) is 33.1 Å². The molecule has 0 bridgehead atoms. The topological polar surface area (TPSA) is 29.3 Å². The summed E-state index contributed by atoms with van der Waals surface area (Å²) in [6, 6.07) is 1.53. The molecular weight excluding hydrogens is 184 g/mol. The molecule has 0 aromatic carbocycles. The highest BCUT2D eigenvalue weighted by Crippen LogP contribution is 2.30. The molecule has 2 heteroatoms. The van der Waals surface area contributed by atoms with E-state index in [0.717, 1.165) is 12.6 Å². The molecule has 1 rings (SSSR count). The first kappa shape index (κ1) is 13.0. The standard InChI is InChI=1S/C13H28N2/c1-3-5-7-13(11-14)15(10-6-4-2)12-8-9-12/h12-13H,3-11,14H2,1-2H3. The first-order valence-electron chi connectivity index (χ1n) is 6.79. The summed E-state index contributed by atoms with van der Waals surface area (Å²) in [6.07, 6.45) is 9.37. The van der Waals surface area contributed by atoms with Gasteiger partial charge >= 0.3 is 0 Å². The predicted octanol–water partition coefficient (Wildman–Crippen LogP) is 2.77. The molecular formula is C13H28N2. The van der Waals surface area contributed by atoms with Crippen molar-refractivity contribution in [3.63, 3.8) is 0 Å². The Morgan fingerprint density at radius 2 is 1.87 bits per heavy atom. The zero-order valence-electron chi connectivity index (χ0n) is 10.5. The van der Waals surface area contributed by atoms with Crippen LogP contribution in [0, 0.1) is 0 Å². The molecule has 0 aromatic heterocycles. The van der Waals surface area contributed by atoms with Gasteiger partial charge in [0.05, 0.1) is 0 Å². The first-order chi connectivity index (χ1) is 7.33. The summed E-state index contributed by atoms with van der Waals surface area (Å²) in [5.74, 6) is 0. The van der Waals surface area contributed by atoms with Crippen molar-refractivity contribution in [3.8, 4) is 0 Å². The maximum Gasteiger partial charge on any atom is 0.0221 e. The van der Waals surface area contributed by atoms with Gasteiger partial charge in [0, 0.05) is 18.6 Å². The Balaban J connectivity index is 2.35. The van der Waals surface area contributed by atoms with Crippen molar-refractivity contribution in [3.05, 3.63) is 0 Å². The van der Waals surface area contributed by atoms with Crippen LogP contribution in [0.4, 0.5) is 0 Å². The summed E-state index contributed by atoms with van der Waals surface area (Å²) in [5, 5.41) is 0. The molecule has 0 radical (unpaired) electrons. The van der Waals surface area contributed by atoms with Crippen molar-refractivity contribution >= 4 is 0 Å². The largest absolute Gasteiger partial charge is 0.329 e. The molecule has 1 aliphatic rings. The lowest BCUT2D eigenvalue weighted by atomic mass is 10.1. The predicted molar refractivity (Wildman–Crippen MR) is 67.0 cm³/mol. The van der Waals surface area contributed by atoms with E-state index < -0.39 is 0 Å². The Morgan fingerprint density at radius 1 is 1.20 bits per heavy atom. The van der Waals surface area contributed by atoms with E-state index in [0.29, 0.717) is 6.04 Å². The van der Waals surface area contributed by atoms with Gasteiger partial charge in [0.15, 0.2) is 0 Å². The minimum atomic E-state index is 0.656. The maximum absolute atomic E-state index is 5.91. The van der Waals surface area contributed by atoms with Crippen LogP contribution in [0.1, 0.15) is 58.8 Å². The lowest BCUT2D eigenvalue weighted by Crippen LogP contribution is -2.42. The van der Waals surface area contributed by atoms with Gasteiger partial charge in [-0.3, -0.25) is 4.90 Å². The van der Waals surface area contributed by atoms with E-state index in [9.17, 15) is 0 Å². The van der Waals surface area contributed by atoms with Crippen molar-refractivity contribution in [2.75, 3.05) is 13.1 Å². The fourth-order valence-electron chi connectivity index (χ4n) is 2.27. The molecule has 1 aliphatic carbocycles. The number of unbranched alkanes of at least 4 members (excludes halogenated alkanes) is 2. The Bertz CT molecular complexity index is 155. The Hall–Kier alpha value is -0.0800. The third-order valence-corrected chi connectivity index (χ3v) is 3.42. The lowest BCUT2D eigenvalue weighted by molar-refractivity contribution is 0.175. The fraction of sp³-hybridized carbons (Fsp3) is 1.00. The first-order valence-corrected chi connectivity index (χ1v) is 6.79. The van der Waals surface area contributed by atoms with E-state index in [1.807, 2.05) is 0 Å². The van der Waals surface area contributed by atoms with Crippen molar-refractivity contribution in [2.24, 2.45) is 5.73 Å². The van der Waals surface area contributed by atoms with Crippen LogP contribution in [0.15, 0.2) is 0 Å². The molecule has 0 aliphatic heterocycles. The van der Waals surface area contributed by atoms with Crippen molar-refractivity contribution in [1.29, 1.82) is 0 Å². The van der Waals surface area contributed by atoms with Gasteiger partial charge in [0.2, 0.25) is 0 Å². The smallest absolute Gasteiger partial charge is 0.0221 e. The van der Waals surface area contributed by atoms with Crippen LogP contribution >= 0.6 is 0 Å². The van der Waals surface area contributed by atoms with E-state index in [1.54, 1.807) is 0 Å². The second-order valence-electron chi connectivity index (χ2n) is 4.85. The minimum absolute atomic E-state index is 0.656. The number of hydrogen-bond donors (Lipinski definition) is 1. The van der Waals surface area contributed by atoms with Crippen LogP contribution < -0.4 is 5.73 Å². The van der Waals surface area contributed by atoms with Crippen LogP contribution in [0.5, 0.6) is 0 Å². The summed E-state index contributed by atoms with van der Waals surface area (Å²) < 4.78 is 0. The van der Waals surface area contributed by atoms with Gasteiger partial charge in [-0.05, 0) is 32.2 Å². The van der Waals surface area contributed by atoms with Gasteiger partial charge in [0.1, 0.15) is 0 Å². The van der Waals surface area contributed by atoms with Crippen molar-refractivity contribution in [1.82, 2.24) is 4.90 Å². The highest BCUT2D eigenvalue weighted by atomic mass is 15.2. The molecule has 0 heterocycles. The summed E-state index contributed by atoms with van der Waals surface area (Å²) in [6.45, 7) is 6.66. The Labute approximate surface area is 95.2 Å². The molecule has 15 heavy (non-hydrogen) atoms. The van der Waals surface area contributed by atoms with E-state index in [1.165, 1.54) is 51.5 Å². The third-order valence-electron chi connectivity index (χ3n) is 3.42.